The van der Waals surface area contributed by atoms with Crippen LogP contribution in [0.2, 0.25) is 0 Å². The average Bonchev–Trinajstić information content (AvgIpc) is 3.21. The number of hydrogen-bond acceptors (Lipinski definition) is 18. The average molecular weight is 897 g/mol. The van der Waals surface area contributed by atoms with E-state index < -0.39 is 72.1 Å². The minimum Gasteiger partial charge on any atom is -0.480 e. The SMILES string of the molecule is NC(CCCCCO)C(=O)O.NC(CCCCCO)C(=O)O.NC(CCCCCO)C(=O)O.NC(CCCCCO)C(=O)O.N[C@@H](CCCO)C(=O)O.N[C@H](CCO)C(=O)O. The Bertz CT molecular complexity index is 938. The molecule has 0 aromatic rings. The second kappa shape index (κ2) is 52.5. The van der Waals surface area contributed by atoms with Gasteiger partial charge >= 0.3 is 35.8 Å². The lowest BCUT2D eigenvalue weighted by Gasteiger charge is -2.04. The third kappa shape index (κ3) is 63.1. The molecule has 0 spiro atoms. The second-order valence-corrected chi connectivity index (χ2v) is 13.3. The van der Waals surface area contributed by atoms with Crippen molar-refractivity contribution in [3.63, 3.8) is 0 Å². The molecule has 366 valence electrons. The van der Waals surface area contributed by atoms with E-state index in [1.807, 2.05) is 0 Å². The summed E-state index contributed by atoms with van der Waals surface area (Å²) in [6.07, 6.45) is 12.3. The Hall–Kier alpha value is -3.66. The van der Waals surface area contributed by atoms with Gasteiger partial charge in [0.25, 0.3) is 0 Å². The lowest BCUT2D eigenvalue weighted by atomic mass is 10.1. The van der Waals surface area contributed by atoms with Gasteiger partial charge in [-0.3, -0.25) is 28.8 Å². The monoisotopic (exact) mass is 897 g/mol. The summed E-state index contributed by atoms with van der Waals surface area (Å²) in [4.78, 5) is 60.6. The summed E-state index contributed by atoms with van der Waals surface area (Å²) in [5.41, 5.74) is 31.0. The van der Waals surface area contributed by atoms with Crippen LogP contribution in [0.1, 0.15) is 122 Å². The van der Waals surface area contributed by atoms with Crippen LogP contribution < -0.4 is 34.4 Å². The van der Waals surface area contributed by atoms with Gasteiger partial charge in [-0.2, -0.15) is 0 Å². The maximum atomic E-state index is 10.2. The number of carboxylic acids is 6. The summed E-state index contributed by atoms with van der Waals surface area (Å²) in [5.74, 6) is -5.88. The minimum absolute atomic E-state index is 0.000972. The molecule has 24 nitrogen and oxygen atoms in total. The third-order valence-corrected chi connectivity index (χ3v) is 7.71. The molecular weight excluding hydrogens is 816 g/mol. The van der Waals surface area contributed by atoms with Crippen LogP contribution in [0.15, 0.2) is 0 Å². The first-order valence-corrected chi connectivity index (χ1v) is 20.1. The molecule has 0 aromatic heterocycles. The Labute approximate surface area is 357 Å². The van der Waals surface area contributed by atoms with E-state index in [2.05, 4.69) is 0 Å². The van der Waals surface area contributed by atoms with Gasteiger partial charge in [-0.15, -0.1) is 0 Å². The van der Waals surface area contributed by atoms with Crippen molar-refractivity contribution in [3.8, 4) is 0 Å². The zero-order valence-corrected chi connectivity index (χ0v) is 35.4. The number of nitrogens with two attached hydrogens (primary N) is 6. The maximum Gasteiger partial charge on any atom is 0.320 e. The normalized spacial score (nSPS) is 13.0. The van der Waals surface area contributed by atoms with Crippen molar-refractivity contribution >= 4 is 35.8 Å². The van der Waals surface area contributed by atoms with Gasteiger partial charge in [0.05, 0.1) is 0 Å². The Kier molecular flexibility index (Phi) is 59.4. The molecule has 24 heteroatoms. The van der Waals surface area contributed by atoms with Gasteiger partial charge in [-0.1, -0.05) is 51.4 Å². The molecule has 0 radical (unpaired) electrons. The van der Waals surface area contributed by atoms with E-state index in [0.717, 1.165) is 77.0 Å². The molecule has 4 unspecified atom stereocenters. The predicted octanol–water partition coefficient (Wildman–Crippen LogP) is -2.24. The quantitative estimate of drug-likeness (QED) is 0.0327. The summed E-state index contributed by atoms with van der Waals surface area (Å²) in [6.45, 7) is 0.504. The van der Waals surface area contributed by atoms with Crippen molar-refractivity contribution in [1.82, 2.24) is 0 Å². The van der Waals surface area contributed by atoms with Gasteiger partial charge in [0, 0.05) is 39.6 Å². The second-order valence-electron chi connectivity index (χ2n) is 13.3. The fourth-order valence-corrected chi connectivity index (χ4v) is 3.80. The zero-order chi connectivity index (χ0) is 48.6. The molecule has 0 aliphatic carbocycles. The van der Waals surface area contributed by atoms with Crippen molar-refractivity contribution in [2.75, 3.05) is 39.6 Å². The van der Waals surface area contributed by atoms with Gasteiger partial charge in [-0.05, 0) is 70.6 Å². The Morgan fingerprint density at radius 1 is 0.246 bits per heavy atom. The van der Waals surface area contributed by atoms with Crippen LogP contribution in [0, 0.1) is 0 Å². The number of carboxylic acid groups (broad SMARTS) is 6. The highest BCUT2D eigenvalue weighted by Crippen LogP contribution is 2.04. The van der Waals surface area contributed by atoms with Crippen molar-refractivity contribution in [1.29, 1.82) is 0 Å². The van der Waals surface area contributed by atoms with E-state index >= 15 is 0 Å². The van der Waals surface area contributed by atoms with Crippen LogP contribution in [0.3, 0.4) is 0 Å². The van der Waals surface area contributed by atoms with Crippen molar-refractivity contribution < 1.29 is 90.0 Å². The number of aliphatic hydroxyl groups is 6. The van der Waals surface area contributed by atoms with Crippen LogP contribution in [-0.4, -0.2) is 173 Å². The summed E-state index contributed by atoms with van der Waals surface area (Å²) >= 11 is 0. The highest BCUT2D eigenvalue weighted by Gasteiger charge is 2.12. The summed E-state index contributed by atoms with van der Waals surface area (Å²) in [7, 11) is 0. The first kappa shape index (κ1) is 69.1. The van der Waals surface area contributed by atoms with Gasteiger partial charge in [0.1, 0.15) is 36.3 Å². The van der Waals surface area contributed by atoms with Gasteiger partial charge in [0.2, 0.25) is 0 Å². The molecule has 0 rings (SSSR count). The highest BCUT2D eigenvalue weighted by atomic mass is 16.4. The number of unbranched alkanes of at least 4 members (excludes halogenated alkanes) is 8. The van der Waals surface area contributed by atoms with Crippen LogP contribution >= 0.6 is 0 Å². The fraction of sp³-hybridized carbons (Fsp3) is 0.838. The first-order chi connectivity index (χ1) is 28.6. The topological polar surface area (TPSA) is 501 Å². The van der Waals surface area contributed by atoms with E-state index in [9.17, 15) is 28.8 Å². The molecule has 61 heavy (non-hydrogen) atoms. The van der Waals surface area contributed by atoms with E-state index in [1.54, 1.807) is 0 Å². The number of aliphatic hydroxyl groups excluding tert-OH is 6. The number of carbonyl (C=O) groups is 6. The lowest BCUT2D eigenvalue weighted by Crippen LogP contribution is -2.30. The van der Waals surface area contributed by atoms with Crippen molar-refractivity contribution in [3.05, 3.63) is 0 Å². The third-order valence-electron chi connectivity index (χ3n) is 7.71. The van der Waals surface area contributed by atoms with Crippen LogP contribution in [-0.2, 0) is 28.8 Å². The van der Waals surface area contributed by atoms with E-state index in [4.69, 9.17) is 95.7 Å². The van der Waals surface area contributed by atoms with Crippen LogP contribution in [0.5, 0.6) is 0 Å². The zero-order valence-electron chi connectivity index (χ0n) is 35.4. The van der Waals surface area contributed by atoms with Gasteiger partial charge in [0.15, 0.2) is 0 Å². The molecule has 0 amide bonds. The predicted molar refractivity (Wildman–Crippen MR) is 224 cm³/mol. The number of rotatable bonds is 31. The molecule has 0 aliphatic rings. The molecule has 0 aliphatic heterocycles. The molecular formula is C37H80N6O18. The summed E-state index contributed by atoms with van der Waals surface area (Å²) in [6, 6.07) is -4.71. The Morgan fingerprint density at radius 3 is 0.541 bits per heavy atom. The lowest BCUT2D eigenvalue weighted by molar-refractivity contribution is -0.139. The summed E-state index contributed by atoms with van der Waals surface area (Å²) in [5, 5.41) is 99.7. The maximum absolute atomic E-state index is 10.2. The molecule has 0 fully saturated rings. The number of aliphatic carboxylic acids is 6. The molecule has 0 saturated heterocycles. The van der Waals surface area contributed by atoms with Crippen LogP contribution in [0.25, 0.3) is 0 Å². The molecule has 0 aromatic carbocycles. The van der Waals surface area contributed by atoms with Gasteiger partial charge < -0.3 is 95.7 Å². The van der Waals surface area contributed by atoms with Crippen LogP contribution in [0.4, 0.5) is 0 Å². The molecule has 24 N–H and O–H groups in total. The Balaban J connectivity index is -0.000000149. The standard InChI is InChI=1S/4C7H15NO3.C5H11NO3.C4H9NO3/c4*8-6(7(10)11)4-2-1-3-5-9;6-4(5(8)9)2-1-3-7;5-3(1-2-6)4(7)8/h4*6,9H,1-5,8H2,(H,10,11);4,7H,1-3,6H2,(H,8,9);3,6H,1-2,5H2,(H,7,8)/t;;;;4-;3-/m....01/s1. The van der Waals surface area contributed by atoms with Gasteiger partial charge in [-0.25, -0.2) is 0 Å². The molecule has 6 atom stereocenters. The minimum atomic E-state index is -1.07. The molecule has 0 saturated carbocycles. The van der Waals surface area contributed by atoms with Crippen molar-refractivity contribution in [2.45, 2.75) is 158 Å². The molecule has 0 bridgehead atoms. The molecule has 0 heterocycles. The summed E-state index contributed by atoms with van der Waals surface area (Å²) < 4.78 is 0. The fourth-order valence-electron chi connectivity index (χ4n) is 3.80. The van der Waals surface area contributed by atoms with E-state index in [0.29, 0.717) is 38.5 Å². The van der Waals surface area contributed by atoms with E-state index in [-0.39, 0.29) is 46.1 Å². The van der Waals surface area contributed by atoms with E-state index in [1.165, 1.54) is 0 Å². The highest BCUT2D eigenvalue weighted by molar-refractivity contribution is 5.74. The number of hydrogen-bond donors (Lipinski definition) is 18. The largest absolute Gasteiger partial charge is 0.480 e. The smallest absolute Gasteiger partial charge is 0.320 e. The first-order valence-electron chi connectivity index (χ1n) is 20.1. The van der Waals surface area contributed by atoms with Crippen molar-refractivity contribution in [2.24, 2.45) is 34.4 Å². The Morgan fingerprint density at radius 2 is 0.410 bits per heavy atom.